The first-order chi connectivity index (χ1) is 11.2. The van der Waals surface area contributed by atoms with E-state index in [-0.39, 0.29) is 18.1 Å². The number of aromatic nitrogens is 2. The Balaban J connectivity index is 0.00000208. The molecule has 1 heterocycles. The summed E-state index contributed by atoms with van der Waals surface area (Å²) in [6.45, 7) is 4.22. The summed E-state index contributed by atoms with van der Waals surface area (Å²) in [4.78, 5) is 19.5. The van der Waals surface area contributed by atoms with E-state index >= 15 is 0 Å². The topological polar surface area (TPSA) is 93.0 Å². The van der Waals surface area contributed by atoms with Crippen LogP contribution >= 0.6 is 12.4 Å². The van der Waals surface area contributed by atoms with Gasteiger partial charge in [0.1, 0.15) is 5.82 Å². The van der Waals surface area contributed by atoms with E-state index in [1.54, 1.807) is 12.1 Å². The molecule has 7 nitrogen and oxygen atoms in total. The Labute approximate surface area is 146 Å². The minimum atomic E-state index is -0.400. The van der Waals surface area contributed by atoms with Crippen molar-refractivity contribution in [3.8, 4) is 0 Å². The van der Waals surface area contributed by atoms with E-state index in [1.807, 2.05) is 0 Å². The van der Waals surface area contributed by atoms with E-state index in [0.29, 0.717) is 35.3 Å². The number of non-ortho nitro benzene ring substituents is 1. The lowest BCUT2D eigenvalue weighted by Gasteiger charge is -2.15. The van der Waals surface area contributed by atoms with Crippen molar-refractivity contribution in [2.45, 2.75) is 31.7 Å². The SMILES string of the molecule is C=CCNc1nc(NC2CCCC2)c2cc([N+](=O)[O-])ccc2n1.Cl. The number of nitrogens with zero attached hydrogens (tertiary/aromatic N) is 3. The molecule has 1 saturated carbocycles. The maximum absolute atomic E-state index is 11.0. The van der Waals surface area contributed by atoms with Crippen LogP contribution in [0.1, 0.15) is 25.7 Å². The molecule has 1 fully saturated rings. The van der Waals surface area contributed by atoms with E-state index in [0.717, 1.165) is 12.8 Å². The lowest BCUT2D eigenvalue weighted by Crippen LogP contribution is -2.17. The molecule has 1 aliphatic carbocycles. The van der Waals surface area contributed by atoms with Crippen molar-refractivity contribution in [3.05, 3.63) is 41.0 Å². The first-order valence-corrected chi connectivity index (χ1v) is 7.75. The van der Waals surface area contributed by atoms with Crippen LogP contribution in [0.4, 0.5) is 17.5 Å². The number of fused-ring (bicyclic) bond motifs is 1. The quantitative estimate of drug-likeness (QED) is 0.466. The minimum absolute atomic E-state index is 0. The second-order valence-corrected chi connectivity index (χ2v) is 5.65. The van der Waals surface area contributed by atoms with E-state index in [2.05, 4.69) is 27.2 Å². The number of rotatable bonds is 6. The van der Waals surface area contributed by atoms with Crippen LogP contribution in [0.15, 0.2) is 30.9 Å². The fraction of sp³-hybridized carbons (Fsp3) is 0.375. The van der Waals surface area contributed by atoms with Gasteiger partial charge in [-0.15, -0.1) is 19.0 Å². The van der Waals surface area contributed by atoms with Crippen molar-refractivity contribution in [1.29, 1.82) is 0 Å². The Kier molecular flexibility index (Phi) is 5.92. The molecule has 0 aliphatic heterocycles. The molecule has 24 heavy (non-hydrogen) atoms. The van der Waals surface area contributed by atoms with Gasteiger partial charge in [0.2, 0.25) is 5.95 Å². The molecule has 1 aliphatic rings. The zero-order valence-electron chi connectivity index (χ0n) is 13.2. The van der Waals surface area contributed by atoms with Crippen LogP contribution in [-0.2, 0) is 0 Å². The number of benzene rings is 1. The summed E-state index contributed by atoms with van der Waals surface area (Å²) in [6.07, 6.45) is 6.31. The highest BCUT2D eigenvalue weighted by Crippen LogP contribution is 2.29. The zero-order chi connectivity index (χ0) is 16.2. The first-order valence-electron chi connectivity index (χ1n) is 7.75. The van der Waals surface area contributed by atoms with Crippen LogP contribution < -0.4 is 10.6 Å². The maximum atomic E-state index is 11.0. The Bertz CT molecular complexity index is 747. The van der Waals surface area contributed by atoms with Crippen molar-refractivity contribution in [2.24, 2.45) is 0 Å². The highest BCUT2D eigenvalue weighted by molar-refractivity contribution is 5.91. The maximum Gasteiger partial charge on any atom is 0.270 e. The second-order valence-electron chi connectivity index (χ2n) is 5.65. The van der Waals surface area contributed by atoms with Crippen molar-refractivity contribution < 1.29 is 4.92 Å². The predicted octanol–water partition coefficient (Wildman–Crippen LogP) is 3.91. The summed E-state index contributed by atoms with van der Waals surface area (Å²) >= 11 is 0. The molecule has 2 N–H and O–H groups in total. The van der Waals surface area contributed by atoms with Gasteiger partial charge in [-0.2, -0.15) is 4.98 Å². The predicted molar refractivity (Wildman–Crippen MR) is 98.0 cm³/mol. The number of nitrogens with one attached hydrogen (secondary N) is 2. The van der Waals surface area contributed by atoms with Crippen LogP contribution in [0.5, 0.6) is 0 Å². The summed E-state index contributed by atoms with van der Waals surface area (Å²) in [5.41, 5.74) is 0.722. The lowest BCUT2D eigenvalue weighted by molar-refractivity contribution is -0.384. The van der Waals surface area contributed by atoms with Crippen LogP contribution in [-0.4, -0.2) is 27.5 Å². The number of hydrogen-bond acceptors (Lipinski definition) is 6. The summed E-state index contributed by atoms with van der Waals surface area (Å²) < 4.78 is 0. The Morgan fingerprint density at radius 1 is 1.33 bits per heavy atom. The van der Waals surface area contributed by atoms with E-state index in [4.69, 9.17) is 0 Å². The number of hydrogen-bond donors (Lipinski definition) is 2. The number of anilines is 2. The molecule has 0 saturated heterocycles. The minimum Gasteiger partial charge on any atom is -0.367 e. The van der Waals surface area contributed by atoms with Crippen molar-refractivity contribution in [1.82, 2.24) is 9.97 Å². The number of halogens is 1. The molecule has 8 heteroatoms. The Morgan fingerprint density at radius 2 is 2.08 bits per heavy atom. The monoisotopic (exact) mass is 349 g/mol. The van der Waals surface area contributed by atoms with Gasteiger partial charge in [-0.05, 0) is 18.9 Å². The normalized spacial score (nSPS) is 14.2. The molecule has 0 bridgehead atoms. The fourth-order valence-electron chi connectivity index (χ4n) is 2.85. The van der Waals surface area contributed by atoms with Gasteiger partial charge in [0.05, 0.1) is 10.4 Å². The Hall–Kier alpha value is -2.41. The zero-order valence-corrected chi connectivity index (χ0v) is 14.0. The van der Waals surface area contributed by atoms with E-state index < -0.39 is 4.92 Å². The van der Waals surface area contributed by atoms with Crippen LogP contribution in [0, 0.1) is 10.1 Å². The standard InChI is InChI=1S/C16H19N5O2.ClH/c1-2-9-17-16-19-14-8-7-12(21(22)23)10-13(14)15(20-16)18-11-5-3-4-6-11;/h2,7-8,10-11H,1,3-6,9H2,(H2,17,18,19,20);1H. The van der Waals surface area contributed by atoms with Gasteiger partial charge < -0.3 is 10.6 Å². The van der Waals surface area contributed by atoms with Crippen molar-refractivity contribution in [3.63, 3.8) is 0 Å². The highest BCUT2D eigenvalue weighted by Gasteiger charge is 2.18. The lowest BCUT2D eigenvalue weighted by atomic mass is 10.2. The van der Waals surface area contributed by atoms with Crippen LogP contribution in [0.25, 0.3) is 10.9 Å². The average molecular weight is 350 g/mol. The average Bonchev–Trinajstić information content (AvgIpc) is 3.05. The summed E-state index contributed by atoms with van der Waals surface area (Å²) in [5, 5.41) is 18.2. The molecular weight excluding hydrogens is 330 g/mol. The first kappa shape index (κ1) is 17.9. The molecule has 0 radical (unpaired) electrons. The van der Waals surface area contributed by atoms with E-state index in [9.17, 15) is 10.1 Å². The fourth-order valence-corrected chi connectivity index (χ4v) is 2.85. The number of nitro groups is 1. The molecule has 1 aromatic heterocycles. The van der Waals surface area contributed by atoms with Gasteiger partial charge in [-0.1, -0.05) is 18.9 Å². The number of nitro benzene ring substituents is 1. The van der Waals surface area contributed by atoms with Crippen molar-refractivity contribution in [2.75, 3.05) is 17.2 Å². The van der Waals surface area contributed by atoms with Gasteiger partial charge in [-0.3, -0.25) is 10.1 Å². The third-order valence-corrected chi connectivity index (χ3v) is 3.99. The third kappa shape index (κ3) is 3.91. The van der Waals surface area contributed by atoms with Gasteiger partial charge >= 0.3 is 0 Å². The van der Waals surface area contributed by atoms with Crippen LogP contribution in [0.3, 0.4) is 0 Å². The molecule has 0 atom stereocenters. The van der Waals surface area contributed by atoms with Gasteiger partial charge in [0.15, 0.2) is 0 Å². The molecular formula is C16H20ClN5O2. The Morgan fingerprint density at radius 3 is 2.75 bits per heavy atom. The molecule has 0 spiro atoms. The second kappa shape index (κ2) is 7.92. The largest absolute Gasteiger partial charge is 0.367 e. The smallest absolute Gasteiger partial charge is 0.270 e. The van der Waals surface area contributed by atoms with Gasteiger partial charge in [0.25, 0.3) is 5.69 Å². The van der Waals surface area contributed by atoms with Crippen LogP contribution in [0.2, 0.25) is 0 Å². The molecule has 0 amide bonds. The van der Waals surface area contributed by atoms with E-state index in [1.165, 1.54) is 25.0 Å². The summed E-state index contributed by atoms with van der Waals surface area (Å²) in [6, 6.07) is 5.02. The van der Waals surface area contributed by atoms with Gasteiger partial charge in [-0.25, -0.2) is 4.98 Å². The third-order valence-electron chi connectivity index (χ3n) is 3.99. The molecule has 1 aromatic carbocycles. The van der Waals surface area contributed by atoms with Crippen molar-refractivity contribution >= 4 is 40.8 Å². The highest BCUT2D eigenvalue weighted by atomic mass is 35.5. The molecule has 0 unspecified atom stereocenters. The molecule has 3 rings (SSSR count). The van der Waals surface area contributed by atoms with Gasteiger partial charge in [0, 0.05) is 30.1 Å². The summed E-state index contributed by atoms with van der Waals surface area (Å²) in [5.74, 6) is 1.14. The summed E-state index contributed by atoms with van der Waals surface area (Å²) in [7, 11) is 0. The molecule has 2 aromatic rings. The molecule has 128 valence electrons.